The normalized spacial score (nSPS) is 23.0. The third-order valence-corrected chi connectivity index (χ3v) is 1.42. The van der Waals surface area contributed by atoms with Crippen LogP contribution in [0.2, 0.25) is 0 Å². The van der Waals surface area contributed by atoms with Crippen LogP contribution in [0.15, 0.2) is 25.4 Å². The van der Waals surface area contributed by atoms with Gasteiger partial charge in [-0.05, 0) is 5.22 Å². The van der Waals surface area contributed by atoms with Crippen LogP contribution in [0.5, 0.6) is 0 Å². The van der Waals surface area contributed by atoms with E-state index in [0.717, 1.165) is 13.8 Å². The largest absolute Gasteiger partial charge is 0.232 e. The first-order chi connectivity index (χ1) is 3.97. The highest BCUT2D eigenvalue weighted by Gasteiger charge is 2.15. The van der Waals surface area contributed by atoms with Gasteiger partial charge in [-0.2, -0.15) is 0 Å². The first-order valence-corrected chi connectivity index (χ1v) is 2.79. The summed E-state index contributed by atoms with van der Waals surface area (Å²) in [5.41, 5.74) is 0.755. The van der Waals surface area contributed by atoms with Crippen LogP contribution in [0.25, 0.3) is 0 Å². The monoisotopic (exact) mass is 125 g/mol. The lowest BCUT2D eigenvalue weighted by atomic mass is 10.6. The van der Waals surface area contributed by atoms with Gasteiger partial charge in [-0.1, -0.05) is 0 Å². The zero-order valence-electron chi connectivity index (χ0n) is 3.68. The molecule has 2 heterocycles. The van der Waals surface area contributed by atoms with E-state index in [0.29, 0.717) is 5.84 Å². The van der Waals surface area contributed by atoms with Crippen molar-refractivity contribution in [2.75, 3.05) is 0 Å². The van der Waals surface area contributed by atoms with Crippen molar-refractivity contribution in [1.82, 2.24) is 0 Å². The van der Waals surface area contributed by atoms with E-state index in [1.807, 2.05) is 0 Å². The summed E-state index contributed by atoms with van der Waals surface area (Å²) in [7, 11) is 0.762. The summed E-state index contributed by atoms with van der Waals surface area (Å²) in [4.78, 5) is 3.64. The second-order valence-corrected chi connectivity index (χ2v) is 2.03. The minimum absolute atomic E-state index is 0.562. The molecule has 0 atom stereocenters. The van der Waals surface area contributed by atoms with Crippen LogP contribution in [0.4, 0.5) is 0 Å². The van der Waals surface area contributed by atoms with Crippen molar-refractivity contribution in [3.05, 3.63) is 0 Å². The maximum absolute atomic E-state index is 3.64. The van der Waals surface area contributed by atoms with Crippen LogP contribution >= 0.6 is 8.35 Å². The van der Waals surface area contributed by atoms with Crippen molar-refractivity contribution < 1.29 is 0 Å². The molecule has 5 nitrogen and oxygen atoms in total. The molecule has 6 heteroatoms. The molecule has 0 fully saturated rings. The van der Waals surface area contributed by atoms with Crippen LogP contribution in [-0.4, -0.2) is 11.3 Å². The fourth-order valence-electron chi connectivity index (χ4n) is 0.433. The molecule has 0 spiro atoms. The van der Waals surface area contributed by atoms with Gasteiger partial charge in [0.2, 0.25) is 5.84 Å². The summed E-state index contributed by atoms with van der Waals surface area (Å²) >= 11 is 0. The third kappa shape index (κ3) is 0.364. The SMILES string of the molecule is N1=NC2=PN=NC2=N1. The predicted molar refractivity (Wildman–Crippen MR) is 29.1 cm³/mol. The first kappa shape index (κ1) is 3.97. The minimum atomic E-state index is 0.562. The Morgan fingerprint density at radius 1 is 1.25 bits per heavy atom. The number of nitrogens with zero attached hydrogens (tertiary/aromatic N) is 5. The second-order valence-electron chi connectivity index (χ2n) is 1.23. The van der Waals surface area contributed by atoms with Crippen LogP contribution in [0.1, 0.15) is 0 Å². The molecule has 0 aromatic rings. The lowest BCUT2D eigenvalue weighted by molar-refractivity contribution is 1.12. The van der Waals surface area contributed by atoms with Gasteiger partial charge in [-0.3, -0.25) is 0 Å². The van der Waals surface area contributed by atoms with Gasteiger partial charge in [0.15, 0.2) is 5.42 Å². The highest BCUT2D eigenvalue weighted by molar-refractivity contribution is 7.43. The van der Waals surface area contributed by atoms with Gasteiger partial charge in [0.1, 0.15) is 0 Å². The van der Waals surface area contributed by atoms with Crippen molar-refractivity contribution in [3.8, 4) is 0 Å². The molecule has 38 valence electrons. The minimum Gasteiger partial charge on any atom is -0.125 e. The Hall–Kier alpha value is -0.960. The first-order valence-electron chi connectivity index (χ1n) is 1.94. The topological polar surface area (TPSA) is 61.8 Å². The molecule has 0 radical (unpaired) electrons. The molecule has 0 aromatic carbocycles. The standard InChI is InChI=1S/C2N5P/c3-1-2(5-6-3)8-7-4-1. The van der Waals surface area contributed by atoms with Gasteiger partial charge in [-0.15, -0.1) is 20.2 Å². The summed E-state index contributed by atoms with van der Waals surface area (Å²) < 4.78 is 0. The zero-order valence-corrected chi connectivity index (χ0v) is 4.58. The summed E-state index contributed by atoms with van der Waals surface area (Å²) in [6.07, 6.45) is 0. The van der Waals surface area contributed by atoms with E-state index in [1.165, 1.54) is 0 Å². The van der Waals surface area contributed by atoms with Crippen LogP contribution in [0.3, 0.4) is 0 Å². The van der Waals surface area contributed by atoms with Crippen molar-refractivity contribution in [3.63, 3.8) is 0 Å². The number of hydrogen-bond donors (Lipinski definition) is 0. The molecule has 0 N–H and O–H groups in total. The number of amidine groups is 1. The van der Waals surface area contributed by atoms with Gasteiger partial charge in [-0.25, -0.2) is 0 Å². The van der Waals surface area contributed by atoms with Gasteiger partial charge < -0.3 is 0 Å². The Bertz CT molecular complexity index is 209. The lowest BCUT2D eigenvalue weighted by Gasteiger charge is -1.71. The van der Waals surface area contributed by atoms with E-state index >= 15 is 0 Å². The van der Waals surface area contributed by atoms with Crippen LogP contribution in [-0.2, 0) is 0 Å². The van der Waals surface area contributed by atoms with E-state index in [2.05, 4.69) is 25.4 Å². The predicted octanol–water partition coefficient (Wildman–Crippen LogP) is 1.22. The van der Waals surface area contributed by atoms with Crippen LogP contribution in [0, 0.1) is 0 Å². The zero-order chi connectivity index (χ0) is 5.40. The van der Waals surface area contributed by atoms with E-state index < -0.39 is 0 Å². The fraction of sp³-hybridized carbons (Fsp3) is 0. The van der Waals surface area contributed by atoms with Gasteiger partial charge >= 0.3 is 0 Å². The average Bonchev–Trinajstić information content (AvgIpc) is 2.15. The van der Waals surface area contributed by atoms with E-state index in [9.17, 15) is 0 Å². The maximum atomic E-state index is 3.64. The average molecular weight is 125 g/mol. The van der Waals surface area contributed by atoms with Crippen molar-refractivity contribution >= 4 is 19.6 Å². The quantitative estimate of drug-likeness (QED) is 0.437. The van der Waals surface area contributed by atoms with Crippen molar-refractivity contribution in [2.24, 2.45) is 25.4 Å². The van der Waals surface area contributed by atoms with Gasteiger partial charge in [0.05, 0.1) is 8.35 Å². The summed E-state index contributed by atoms with van der Waals surface area (Å²) in [5.74, 6) is 0.562. The summed E-state index contributed by atoms with van der Waals surface area (Å²) in [5, 5.41) is 14.2. The highest BCUT2D eigenvalue weighted by atomic mass is 31.1. The molecule has 2 rings (SSSR count). The Labute approximate surface area is 46.1 Å². The lowest BCUT2D eigenvalue weighted by Crippen LogP contribution is -1.95. The molecule has 0 aromatic heterocycles. The molecular weight excluding hydrogens is 125 g/mol. The molecule has 0 aliphatic carbocycles. The molecule has 2 aliphatic rings. The smallest absolute Gasteiger partial charge is 0.125 e. The van der Waals surface area contributed by atoms with Gasteiger partial charge in [0, 0.05) is 0 Å². The number of fused-ring (bicyclic) bond motifs is 1. The molecule has 8 heavy (non-hydrogen) atoms. The Morgan fingerprint density at radius 3 is 3.12 bits per heavy atom. The second kappa shape index (κ2) is 1.26. The highest BCUT2D eigenvalue weighted by Crippen LogP contribution is 2.17. The molecule has 0 saturated carbocycles. The third-order valence-electron chi connectivity index (χ3n) is 0.758. The Kier molecular flexibility index (Phi) is 0.625. The van der Waals surface area contributed by atoms with Crippen molar-refractivity contribution in [2.45, 2.75) is 0 Å². The van der Waals surface area contributed by atoms with Gasteiger partial charge in [0.25, 0.3) is 0 Å². The molecule has 2 aliphatic heterocycles. The maximum Gasteiger partial charge on any atom is 0.232 e. The van der Waals surface area contributed by atoms with E-state index in [4.69, 9.17) is 0 Å². The Morgan fingerprint density at radius 2 is 2.25 bits per heavy atom. The van der Waals surface area contributed by atoms with Crippen LogP contribution < -0.4 is 0 Å². The summed E-state index contributed by atoms with van der Waals surface area (Å²) in [6.45, 7) is 0. The number of hydrogen-bond acceptors (Lipinski definition) is 5. The molecule has 0 amide bonds. The molecule has 0 saturated heterocycles. The number of rotatable bonds is 0. The molecule has 0 unspecified atom stereocenters. The van der Waals surface area contributed by atoms with Crippen molar-refractivity contribution in [1.29, 1.82) is 0 Å². The fourth-order valence-corrected chi connectivity index (χ4v) is 0.906. The Balaban J connectivity index is 2.59. The summed E-state index contributed by atoms with van der Waals surface area (Å²) in [6, 6.07) is 0. The molecule has 0 bridgehead atoms. The molecular formula is C2N5P. The van der Waals surface area contributed by atoms with E-state index in [-0.39, 0.29) is 0 Å². The van der Waals surface area contributed by atoms with E-state index in [1.54, 1.807) is 0 Å².